The Kier molecular flexibility index (Phi) is 4.35. The molecule has 0 fully saturated rings. The van der Waals surface area contributed by atoms with Crippen molar-refractivity contribution < 1.29 is 8.42 Å². The molecule has 0 aliphatic heterocycles. The van der Waals surface area contributed by atoms with Gasteiger partial charge in [0, 0.05) is 23.0 Å². The van der Waals surface area contributed by atoms with E-state index in [4.69, 9.17) is 11.6 Å². The number of nitrogens with one attached hydrogen (secondary N) is 1. The van der Waals surface area contributed by atoms with Crippen LogP contribution in [-0.4, -0.2) is 14.7 Å². The van der Waals surface area contributed by atoms with Crippen molar-refractivity contribution in [2.24, 2.45) is 0 Å². The van der Waals surface area contributed by atoms with Crippen LogP contribution >= 0.6 is 11.6 Å². The molecule has 0 radical (unpaired) electrons. The molecule has 3 nitrogen and oxygen atoms in total. The number of hydrogen-bond acceptors (Lipinski definition) is 3. The molecule has 0 aliphatic carbocycles. The summed E-state index contributed by atoms with van der Waals surface area (Å²) in [6.45, 7) is 2.01. The number of rotatable bonds is 4. The summed E-state index contributed by atoms with van der Waals surface area (Å²) in [7, 11) is -3.15. The molecule has 106 valence electrons. The van der Waals surface area contributed by atoms with Gasteiger partial charge in [0.2, 0.25) is 0 Å². The fourth-order valence-electron chi connectivity index (χ4n) is 1.92. The fraction of sp³-hybridized carbons (Fsp3) is 0.200. The van der Waals surface area contributed by atoms with Crippen molar-refractivity contribution in [1.29, 1.82) is 0 Å². The molecular weight excluding hydrogens is 294 g/mol. The number of benzene rings is 2. The zero-order valence-corrected chi connectivity index (χ0v) is 12.9. The van der Waals surface area contributed by atoms with E-state index in [9.17, 15) is 8.42 Å². The number of halogens is 1. The van der Waals surface area contributed by atoms with Crippen LogP contribution in [0.25, 0.3) is 0 Å². The second-order valence-electron chi connectivity index (χ2n) is 4.72. The normalized spacial score (nSPS) is 12.9. The topological polar surface area (TPSA) is 46.2 Å². The smallest absolute Gasteiger partial charge is 0.175 e. The summed E-state index contributed by atoms with van der Waals surface area (Å²) in [4.78, 5) is 0.330. The van der Waals surface area contributed by atoms with E-state index in [1.807, 2.05) is 43.3 Å². The standard InChI is InChI=1S/C15H16ClNO2S/c1-11(17-14-5-3-4-13(16)10-14)12-6-8-15(9-7-12)20(2,18)19/h3-11,17H,1-2H3. The summed E-state index contributed by atoms with van der Waals surface area (Å²) >= 11 is 5.94. The Labute approximate surface area is 124 Å². The van der Waals surface area contributed by atoms with Gasteiger partial charge >= 0.3 is 0 Å². The lowest BCUT2D eigenvalue weighted by Gasteiger charge is -2.16. The summed E-state index contributed by atoms with van der Waals surface area (Å²) < 4.78 is 22.8. The minimum Gasteiger partial charge on any atom is -0.378 e. The molecule has 5 heteroatoms. The summed E-state index contributed by atoms with van der Waals surface area (Å²) in [6, 6.07) is 14.4. The largest absolute Gasteiger partial charge is 0.378 e. The van der Waals surface area contributed by atoms with Crippen LogP contribution in [0.2, 0.25) is 5.02 Å². The predicted molar refractivity (Wildman–Crippen MR) is 83.0 cm³/mol. The van der Waals surface area contributed by atoms with Crippen LogP contribution in [0.15, 0.2) is 53.4 Å². The van der Waals surface area contributed by atoms with Gasteiger partial charge in [-0.1, -0.05) is 29.8 Å². The van der Waals surface area contributed by atoms with Gasteiger partial charge in [-0.15, -0.1) is 0 Å². The maximum Gasteiger partial charge on any atom is 0.175 e. The van der Waals surface area contributed by atoms with Crippen molar-refractivity contribution in [1.82, 2.24) is 0 Å². The van der Waals surface area contributed by atoms with Crippen molar-refractivity contribution >= 4 is 27.1 Å². The Bertz CT molecular complexity index is 696. The predicted octanol–water partition coefficient (Wildman–Crippen LogP) is 3.92. The monoisotopic (exact) mass is 309 g/mol. The Balaban J connectivity index is 2.15. The Hall–Kier alpha value is -1.52. The fourth-order valence-corrected chi connectivity index (χ4v) is 2.74. The third-order valence-corrected chi connectivity index (χ3v) is 4.38. The first kappa shape index (κ1) is 14.9. The van der Waals surface area contributed by atoms with Crippen LogP contribution in [0, 0.1) is 0 Å². The van der Waals surface area contributed by atoms with Gasteiger partial charge in [0.15, 0.2) is 9.84 Å². The highest BCUT2D eigenvalue weighted by Crippen LogP contribution is 2.22. The highest BCUT2D eigenvalue weighted by molar-refractivity contribution is 7.90. The molecule has 0 heterocycles. The Morgan fingerprint density at radius 2 is 1.75 bits per heavy atom. The van der Waals surface area contributed by atoms with Gasteiger partial charge in [-0.25, -0.2) is 8.42 Å². The third kappa shape index (κ3) is 3.74. The highest BCUT2D eigenvalue weighted by atomic mass is 35.5. The van der Waals surface area contributed by atoms with E-state index in [0.717, 1.165) is 11.3 Å². The van der Waals surface area contributed by atoms with Crippen LogP contribution < -0.4 is 5.32 Å². The zero-order chi connectivity index (χ0) is 14.8. The molecule has 1 atom stereocenters. The van der Waals surface area contributed by atoms with Crippen LogP contribution in [0.4, 0.5) is 5.69 Å². The van der Waals surface area contributed by atoms with Gasteiger partial charge in [-0.05, 0) is 42.8 Å². The average molecular weight is 310 g/mol. The van der Waals surface area contributed by atoms with E-state index >= 15 is 0 Å². The quantitative estimate of drug-likeness (QED) is 0.931. The maximum absolute atomic E-state index is 11.4. The van der Waals surface area contributed by atoms with Crippen LogP contribution in [0.5, 0.6) is 0 Å². The minimum absolute atomic E-state index is 0.0575. The maximum atomic E-state index is 11.4. The van der Waals surface area contributed by atoms with E-state index in [1.54, 1.807) is 12.1 Å². The van der Waals surface area contributed by atoms with Gasteiger partial charge < -0.3 is 5.32 Å². The third-order valence-electron chi connectivity index (χ3n) is 3.02. The molecule has 2 rings (SSSR count). The van der Waals surface area contributed by atoms with Crippen molar-refractivity contribution in [3.8, 4) is 0 Å². The van der Waals surface area contributed by atoms with Gasteiger partial charge in [0.05, 0.1) is 4.90 Å². The van der Waals surface area contributed by atoms with Gasteiger partial charge in [-0.3, -0.25) is 0 Å². The summed E-state index contributed by atoms with van der Waals surface area (Å²) in [5.41, 5.74) is 1.94. The lowest BCUT2D eigenvalue weighted by atomic mass is 10.1. The summed E-state index contributed by atoms with van der Waals surface area (Å²) in [5.74, 6) is 0. The van der Waals surface area contributed by atoms with E-state index in [2.05, 4.69) is 5.32 Å². The molecule has 0 bridgehead atoms. The molecule has 0 aliphatic rings. The number of hydrogen-bond donors (Lipinski definition) is 1. The van der Waals surface area contributed by atoms with E-state index in [0.29, 0.717) is 9.92 Å². The lowest BCUT2D eigenvalue weighted by Crippen LogP contribution is -2.07. The first-order valence-corrected chi connectivity index (χ1v) is 8.45. The van der Waals surface area contributed by atoms with Crippen molar-refractivity contribution in [2.45, 2.75) is 17.9 Å². The van der Waals surface area contributed by atoms with E-state index in [-0.39, 0.29) is 6.04 Å². The zero-order valence-electron chi connectivity index (χ0n) is 11.3. The first-order chi connectivity index (χ1) is 9.36. The van der Waals surface area contributed by atoms with Crippen molar-refractivity contribution in [2.75, 3.05) is 11.6 Å². The molecule has 20 heavy (non-hydrogen) atoms. The minimum atomic E-state index is -3.15. The average Bonchev–Trinajstić information content (AvgIpc) is 2.38. The van der Waals surface area contributed by atoms with E-state index < -0.39 is 9.84 Å². The van der Waals surface area contributed by atoms with Crippen LogP contribution in [0.1, 0.15) is 18.5 Å². The molecule has 2 aromatic rings. The Morgan fingerprint density at radius 1 is 1.10 bits per heavy atom. The van der Waals surface area contributed by atoms with Gasteiger partial charge in [0.25, 0.3) is 0 Å². The first-order valence-electron chi connectivity index (χ1n) is 6.18. The molecule has 0 spiro atoms. The SMILES string of the molecule is CC(Nc1cccc(Cl)c1)c1ccc(S(C)(=O)=O)cc1. The number of anilines is 1. The number of sulfone groups is 1. The molecule has 0 saturated carbocycles. The second kappa shape index (κ2) is 5.85. The summed E-state index contributed by atoms with van der Waals surface area (Å²) in [5, 5.41) is 4.00. The van der Waals surface area contributed by atoms with Gasteiger partial charge in [0.1, 0.15) is 0 Å². The van der Waals surface area contributed by atoms with Crippen molar-refractivity contribution in [3.63, 3.8) is 0 Å². The molecule has 0 aromatic heterocycles. The lowest BCUT2D eigenvalue weighted by molar-refractivity contribution is 0.602. The molecule has 1 unspecified atom stereocenters. The highest BCUT2D eigenvalue weighted by Gasteiger charge is 2.09. The molecule has 0 saturated heterocycles. The summed E-state index contributed by atoms with van der Waals surface area (Å²) in [6.07, 6.45) is 1.20. The van der Waals surface area contributed by atoms with Crippen LogP contribution in [-0.2, 0) is 9.84 Å². The molecule has 2 aromatic carbocycles. The van der Waals surface area contributed by atoms with Crippen LogP contribution in [0.3, 0.4) is 0 Å². The molecule has 0 amide bonds. The van der Waals surface area contributed by atoms with Crippen molar-refractivity contribution in [3.05, 3.63) is 59.1 Å². The molecule has 1 N–H and O–H groups in total. The molecular formula is C15H16ClNO2S. The Morgan fingerprint density at radius 3 is 2.30 bits per heavy atom. The van der Waals surface area contributed by atoms with E-state index in [1.165, 1.54) is 6.26 Å². The second-order valence-corrected chi connectivity index (χ2v) is 7.17. The van der Waals surface area contributed by atoms with Gasteiger partial charge in [-0.2, -0.15) is 0 Å².